The van der Waals surface area contributed by atoms with E-state index in [0.29, 0.717) is 12.0 Å². The van der Waals surface area contributed by atoms with Crippen LogP contribution in [0.4, 0.5) is 10.5 Å². The van der Waals surface area contributed by atoms with Gasteiger partial charge >= 0.3 is 6.09 Å². The number of rotatable bonds is 0. The second-order valence-corrected chi connectivity index (χ2v) is 7.95. The van der Waals surface area contributed by atoms with Crippen LogP contribution >= 0.6 is 0 Å². The van der Waals surface area contributed by atoms with E-state index >= 15 is 0 Å². The molecule has 1 saturated heterocycles. The summed E-state index contributed by atoms with van der Waals surface area (Å²) < 4.78 is 11.4. The molecule has 5 nitrogen and oxygen atoms in total. The monoisotopic (exact) mass is 330 g/mol. The van der Waals surface area contributed by atoms with Gasteiger partial charge in [-0.25, -0.2) is 4.79 Å². The lowest BCUT2D eigenvalue weighted by Gasteiger charge is -2.33. The zero-order valence-electron chi connectivity index (χ0n) is 14.7. The van der Waals surface area contributed by atoms with Gasteiger partial charge in [0.15, 0.2) is 0 Å². The number of benzene rings is 1. The lowest BCUT2D eigenvalue weighted by atomic mass is 9.91. The molecule has 2 atom stereocenters. The van der Waals surface area contributed by atoms with Gasteiger partial charge in [0, 0.05) is 25.0 Å². The van der Waals surface area contributed by atoms with Gasteiger partial charge in [-0.05, 0) is 45.2 Å². The first-order valence-corrected chi connectivity index (χ1v) is 8.94. The van der Waals surface area contributed by atoms with Gasteiger partial charge in [-0.3, -0.25) is 0 Å². The van der Waals surface area contributed by atoms with Crippen LogP contribution in [0, 0.1) is 0 Å². The highest BCUT2D eigenvalue weighted by atomic mass is 16.6. The molecule has 0 bridgehead atoms. The lowest BCUT2D eigenvalue weighted by Crippen LogP contribution is -2.41. The molecule has 0 spiro atoms. The van der Waals surface area contributed by atoms with Gasteiger partial charge in [-0.15, -0.1) is 0 Å². The molecule has 3 aliphatic heterocycles. The molecule has 24 heavy (non-hydrogen) atoms. The van der Waals surface area contributed by atoms with Crippen LogP contribution in [0.25, 0.3) is 0 Å². The Morgan fingerprint density at radius 2 is 2.00 bits per heavy atom. The van der Waals surface area contributed by atoms with Crippen molar-refractivity contribution in [3.05, 3.63) is 23.8 Å². The summed E-state index contributed by atoms with van der Waals surface area (Å²) in [6.07, 6.45) is 1.79. The third-order valence-corrected chi connectivity index (χ3v) is 5.23. The number of amides is 1. The Kier molecular flexibility index (Phi) is 3.62. The number of likely N-dealkylation sites (tertiary alicyclic amines) is 1. The average Bonchev–Trinajstić information content (AvgIpc) is 2.69. The molecular weight excluding hydrogens is 304 g/mol. The first kappa shape index (κ1) is 15.6. The molecule has 5 heteroatoms. The largest absolute Gasteiger partial charge is 0.490 e. The third kappa shape index (κ3) is 2.60. The first-order valence-electron chi connectivity index (χ1n) is 8.94. The minimum absolute atomic E-state index is 0.182. The molecule has 4 rings (SSSR count). The molecule has 0 aromatic heterocycles. The SMILES string of the molecule is CC(C)(C)OC(=O)N1CCC2c3cccc4c3N(CCO4)C2CC1. The van der Waals surface area contributed by atoms with Crippen molar-refractivity contribution in [2.75, 3.05) is 31.1 Å². The topological polar surface area (TPSA) is 42.0 Å². The van der Waals surface area contributed by atoms with Crippen molar-refractivity contribution in [1.29, 1.82) is 0 Å². The number of fused-ring (bicyclic) bond motifs is 3. The molecule has 0 saturated carbocycles. The van der Waals surface area contributed by atoms with Crippen LogP contribution in [-0.4, -0.2) is 48.9 Å². The molecule has 0 aliphatic carbocycles. The molecule has 3 heterocycles. The Balaban J connectivity index is 1.55. The van der Waals surface area contributed by atoms with Crippen molar-refractivity contribution in [3.63, 3.8) is 0 Å². The molecule has 1 aromatic rings. The molecule has 1 aromatic carbocycles. The summed E-state index contributed by atoms with van der Waals surface area (Å²) in [6, 6.07) is 6.87. The molecule has 1 amide bonds. The van der Waals surface area contributed by atoms with Crippen LogP contribution in [0.3, 0.4) is 0 Å². The molecule has 0 radical (unpaired) electrons. The second-order valence-electron chi connectivity index (χ2n) is 7.95. The number of para-hydroxylation sites is 1. The van der Waals surface area contributed by atoms with Gasteiger partial charge in [0.25, 0.3) is 0 Å². The Morgan fingerprint density at radius 3 is 2.79 bits per heavy atom. The highest BCUT2D eigenvalue weighted by molar-refractivity contribution is 5.72. The fraction of sp³-hybridized carbons (Fsp3) is 0.632. The predicted molar refractivity (Wildman–Crippen MR) is 92.9 cm³/mol. The van der Waals surface area contributed by atoms with Crippen molar-refractivity contribution in [3.8, 4) is 5.75 Å². The normalized spacial score (nSPS) is 25.5. The van der Waals surface area contributed by atoms with Gasteiger partial charge in [0.1, 0.15) is 18.0 Å². The Hall–Kier alpha value is -1.91. The molecule has 0 N–H and O–H groups in total. The Morgan fingerprint density at radius 1 is 1.21 bits per heavy atom. The van der Waals surface area contributed by atoms with E-state index in [2.05, 4.69) is 23.1 Å². The number of carbonyl (C=O) groups is 1. The quantitative estimate of drug-likeness (QED) is 0.731. The third-order valence-electron chi connectivity index (χ3n) is 5.23. The summed E-state index contributed by atoms with van der Waals surface area (Å²) in [5.41, 5.74) is 2.25. The minimum atomic E-state index is -0.440. The molecule has 130 valence electrons. The molecule has 3 aliphatic rings. The molecular formula is C19H26N2O3. The maximum atomic E-state index is 12.4. The van der Waals surface area contributed by atoms with E-state index in [0.717, 1.165) is 44.8 Å². The number of hydrogen-bond acceptors (Lipinski definition) is 4. The summed E-state index contributed by atoms with van der Waals surface area (Å²) in [5, 5.41) is 0. The number of hydrogen-bond donors (Lipinski definition) is 0. The van der Waals surface area contributed by atoms with Crippen LogP contribution in [0.2, 0.25) is 0 Å². The van der Waals surface area contributed by atoms with Crippen LogP contribution < -0.4 is 9.64 Å². The zero-order valence-corrected chi connectivity index (χ0v) is 14.7. The van der Waals surface area contributed by atoms with Gasteiger partial charge < -0.3 is 19.3 Å². The Bertz CT molecular complexity index is 653. The summed E-state index contributed by atoms with van der Waals surface area (Å²) in [7, 11) is 0. The smallest absolute Gasteiger partial charge is 0.410 e. The summed E-state index contributed by atoms with van der Waals surface area (Å²) in [5.74, 6) is 1.50. The second kappa shape index (κ2) is 5.57. The number of ether oxygens (including phenoxy) is 2. The lowest BCUT2D eigenvalue weighted by molar-refractivity contribution is 0.0255. The van der Waals surface area contributed by atoms with Gasteiger partial charge in [-0.2, -0.15) is 0 Å². The summed E-state index contributed by atoms with van der Waals surface area (Å²) in [6.45, 7) is 8.97. The van der Waals surface area contributed by atoms with Crippen LogP contribution in [0.15, 0.2) is 18.2 Å². The highest BCUT2D eigenvalue weighted by Gasteiger charge is 2.43. The van der Waals surface area contributed by atoms with E-state index in [4.69, 9.17) is 9.47 Å². The van der Waals surface area contributed by atoms with Crippen molar-refractivity contribution >= 4 is 11.8 Å². The van der Waals surface area contributed by atoms with E-state index in [-0.39, 0.29) is 6.09 Å². The van der Waals surface area contributed by atoms with Gasteiger partial charge in [0.2, 0.25) is 0 Å². The van der Waals surface area contributed by atoms with E-state index < -0.39 is 5.60 Å². The van der Waals surface area contributed by atoms with Gasteiger partial charge in [-0.1, -0.05) is 12.1 Å². The van der Waals surface area contributed by atoms with Gasteiger partial charge in [0.05, 0.1) is 12.2 Å². The number of nitrogens with zero attached hydrogens (tertiary/aromatic N) is 2. The predicted octanol–water partition coefficient (Wildman–Crippen LogP) is 3.38. The average molecular weight is 330 g/mol. The summed E-state index contributed by atoms with van der Waals surface area (Å²) in [4.78, 5) is 16.8. The van der Waals surface area contributed by atoms with Crippen LogP contribution in [0.5, 0.6) is 5.75 Å². The zero-order chi connectivity index (χ0) is 16.9. The first-order chi connectivity index (χ1) is 11.4. The van der Waals surface area contributed by atoms with Crippen molar-refractivity contribution in [2.45, 2.75) is 51.2 Å². The number of anilines is 1. The number of carbonyl (C=O) groups excluding carboxylic acids is 1. The van der Waals surface area contributed by atoms with E-state index in [1.54, 1.807) is 0 Å². The Labute approximate surface area is 143 Å². The molecule has 1 fully saturated rings. The van der Waals surface area contributed by atoms with Crippen molar-refractivity contribution in [1.82, 2.24) is 4.90 Å². The fourth-order valence-corrected chi connectivity index (χ4v) is 4.29. The maximum Gasteiger partial charge on any atom is 0.410 e. The van der Waals surface area contributed by atoms with Crippen molar-refractivity contribution in [2.24, 2.45) is 0 Å². The highest BCUT2D eigenvalue weighted by Crippen LogP contribution is 2.50. The van der Waals surface area contributed by atoms with E-state index in [9.17, 15) is 4.79 Å². The molecule has 2 unspecified atom stereocenters. The maximum absolute atomic E-state index is 12.4. The van der Waals surface area contributed by atoms with Crippen LogP contribution in [0.1, 0.15) is 45.1 Å². The van der Waals surface area contributed by atoms with E-state index in [1.807, 2.05) is 25.7 Å². The van der Waals surface area contributed by atoms with Crippen LogP contribution in [-0.2, 0) is 4.74 Å². The van der Waals surface area contributed by atoms with E-state index in [1.165, 1.54) is 11.3 Å². The van der Waals surface area contributed by atoms with Crippen molar-refractivity contribution < 1.29 is 14.3 Å². The minimum Gasteiger partial charge on any atom is -0.490 e. The fourth-order valence-electron chi connectivity index (χ4n) is 4.29. The standard InChI is InChI=1S/C19H26N2O3/c1-19(2,3)24-18(22)20-9-7-13-14-5-4-6-16-17(14)21(11-12-23-16)15(13)8-10-20/h4-6,13,15H,7-12H2,1-3H3. The summed E-state index contributed by atoms with van der Waals surface area (Å²) >= 11 is 0.